The Morgan fingerprint density at radius 2 is 1.68 bits per heavy atom. The van der Waals surface area contributed by atoms with Gasteiger partial charge in [-0.2, -0.15) is 5.06 Å². The summed E-state index contributed by atoms with van der Waals surface area (Å²) in [5, 5.41) is 0.803. The second-order valence-corrected chi connectivity index (χ2v) is 6.64. The smallest absolute Gasteiger partial charge is 0.335 e. The van der Waals surface area contributed by atoms with Crippen molar-refractivity contribution < 1.29 is 24.0 Å². The molecule has 0 aromatic heterocycles. The lowest BCUT2D eigenvalue weighted by Gasteiger charge is -2.17. The molecule has 2 saturated carbocycles. The molecule has 0 aromatic carbocycles. The average Bonchev–Trinajstić information content (AvgIpc) is 3.24. The minimum atomic E-state index is -0.509. The van der Waals surface area contributed by atoms with Gasteiger partial charge < -0.3 is 4.74 Å². The molecule has 4 aliphatic rings. The van der Waals surface area contributed by atoms with Gasteiger partial charge in [0, 0.05) is 0 Å². The van der Waals surface area contributed by atoms with Crippen molar-refractivity contribution in [2.24, 2.45) is 23.7 Å². The zero-order valence-corrected chi connectivity index (χ0v) is 12.3. The predicted octanol–water partition coefficient (Wildman–Crippen LogP) is 1.21. The maximum Gasteiger partial charge on any atom is 0.335 e. The van der Waals surface area contributed by atoms with E-state index in [9.17, 15) is 14.4 Å². The Hall–Kier alpha value is -1.69. The van der Waals surface area contributed by atoms with Gasteiger partial charge in [-0.15, -0.1) is 0 Å². The van der Waals surface area contributed by atoms with Crippen LogP contribution >= 0.6 is 0 Å². The number of hydrogen-bond acceptors (Lipinski definition) is 5. The first-order valence-corrected chi connectivity index (χ1v) is 8.03. The highest BCUT2D eigenvalue weighted by atomic mass is 16.7. The fourth-order valence-electron chi connectivity index (χ4n) is 4.35. The number of ether oxygens (including phenoxy) is 1. The van der Waals surface area contributed by atoms with E-state index < -0.39 is 5.97 Å². The van der Waals surface area contributed by atoms with Crippen LogP contribution in [0.4, 0.5) is 0 Å². The number of nitrogens with zero attached hydrogens (tertiary/aromatic N) is 1. The Morgan fingerprint density at radius 3 is 2.27 bits per heavy atom. The van der Waals surface area contributed by atoms with Crippen LogP contribution in [0.15, 0.2) is 12.2 Å². The van der Waals surface area contributed by atoms with Crippen LogP contribution in [0.1, 0.15) is 32.1 Å². The predicted molar refractivity (Wildman–Crippen MR) is 73.9 cm³/mol. The molecule has 4 rings (SSSR count). The standard InChI is InChI=1S/C16H19NO5/c18-12(22-11-3-1-2-4-11)8-21-17-15(19)13-9-5-6-10(7-9)14(13)16(17)20/h5-6,9-11,13-14H,1-4,7-8H2/t9-,10-,13-,14+/m0/s1. The summed E-state index contributed by atoms with van der Waals surface area (Å²) in [5.41, 5.74) is 0. The molecule has 1 saturated heterocycles. The number of hydroxylamine groups is 2. The largest absolute Gasteiger partial charge is 0.461 e. The summed E-state index contributed by atoms with van der Waals surface area (Å²) in [7, 11) is 0. The van der Waals surface area contributed by atoms with Crippen molar-refractivity contribution in [2.45, 2.75) is 38.2 Å². The van der Waals surface area contributed by atoms with Crippen molar-refractivity contribution in [1.29, 1.82) is 0 Å². The number of amides is 2. The zero-order chi connectivity index (χ0) is 15.3. The van der Waals surface area contributed by atoms with Gasteiger partial charge in [-0.25, -0.2) is 4.79 Å². The molecule has 3 fully saturated rings. The minimum Gasteiger partial charge on any atom is -0.461 e. The van der Waals surface area contributed by atoms with Crippen molar-refractivity contribution in [3.8, 4) is 0 Å². The van der Waals surface area contributed by atoms with Crippen LogP contribution in [0.25, 0.3) is 0 Å². The fraction of sp³-hybridized carbons (Fsp3) is 0.688. The molecule has 0 unspecified atom stereocenters. The fourth-order valence-corrected chi connectivity index (χ4v) is 4.35. The van der Waals surface area contributed by atoms with Crippen molar-refractivity contribution in [2.75, 3.05) is 6.61 Å². The van der Waals surface area contributed by atoms with Crippen molar-refractivity contribution in [3.05, 3.63) is 12.2 Å². The first-order chi connectivity index (χ1) is 10.6. The van der Waals surface area contributed by atoms with Crippen LogP contribution in [-0.4, -0.2) is 35.6 Å². The van der Waals surface area contributed by atoms with E-state index in [0.29, 0.717) is 0 Å². The van der Waals surface area contributed by atoms with Gasteiger partial charge >= 0.3 is 5.97 Å². The molecule has 2 amide bonds. The first-order valence-electron chi connectivity index (χ1n) is 8.03. The van der Waals surface area contributed by atoms with Gasteiger partial charge in [0.05, 0.1) is 11.8 Å². The van der Waals surface area contributed by atoms with Gasteiger partial charge in [0.15, 0.2) is 6.61 Å². The third kappa shape index (κ3) is 2.08. The Kier molecular flexibility index (Phi) is 3.29. The lowest BCUT2D eigenvalue weighted by molar-refractivity contribution is -0.197. The van der Waals surface area contributed by atoms with E-state index in [1.165, 1.54) is 0 Å². The summed E-state index contributed by atoms with van der Waals surface area (Å²) in [6, 6.07) is 0. The SMILES string of the molecule is O=C(CON1C(=O)[C@@H]2[C@H](C1=O)[C@H]1C=C[C@H]2C1)OC1CCCC1. The lowest BCUT2D eigenvalue weighted by Crippen LogP contribution is -2.35. The van der Waals surface area contributed by atoms with Gasteiger partial charge in [0.1, 0.15) is 6.10 Å². The molecule has 1 aliphatic heterocycles. The molecule has 118 valence electrons. The van der Waals surface area contributed by atoms with E-state index in [4.69, 9.17) is 9.57 Å². The molecule has 22 heavy (non-hydrogen) atoms. The van der Waals surface area contributed by atoms with Crippen LogP contribution in [-0.2, 0) is 24.0 Å². The lowest BCUT2D eigenvalue weighted by atomic mass is 9.85. The summed E-state index contributed by atoms with van der Waals surface area (Å²) < 4.78 is 5.26. The van der Waals surface area contributed by atoms with E-state index in [-0.39, 0.29) is 48.2 Å². The monoisotopic (exact) mass is 305 g/mol. The Balaban J connectivity index is 1.35. The molecule has 1 heterocycles. The third-order valence-corrected chi connectivity index (χ3v) is 5.34. The molecular formula is C16H19NO5. The quantitative estimate of drug-likeness (QED) is 0.443. The van der Waals surface area contributed by atoms with E-state index >= 15 is 0 Å². The average molecular weight is 305 g/mol. The summed E-state index contributed by atoms with van der Waals surface area (Å²) >= 11 is 0. The van der Waals surface area contributed by atoms with Crippen LogP contribution < -0.4 is 0 Å². The normalized spacial score (nSPS) is 36.5. The zero-order valence-electron chi connectivity index (χ0n) is 12.3. The maximum absolute atomic E-state index is 12.3. The summed E-state index contributed by atoms with van der Waals surface area (Å²) in [5.74, 6) is -1.43. The molecule has 3 aliphatic carbocycles. The van der Waals surface area contributed by atoms with E-state index in [1.54, 1.807) is 0 Å². The number of allylic oxidation sites excluding steroid dienone is 2. The number of imide groups is 1. The van der Waals surface area contributed by atoms with E-state index in [1.807, 2.05) is 12.2 Å². The van der Waals surface area contributed by atoms with Crippen LogP contribution in [0.2, 0.25) is 0 Å². The van der Waals surface area contributed by atoms with Gasteiger partial charge in [0.2, 0.25) is 0 Å². The number of rotatable bonds is 4. The number of esters is 1. The summed E-state index contributed by atoms with van der Waals surface area (Å²) in [6.07, 6.45) is 8.79. The Morgan fingerprint density at radius 1 is 1.09 bits per heavy atom. The van der Waals surface area contributed by atoms with Crippen LogP contribution in [0.3, 0.4) is 0 Å². The molecule has 2 bridgehead atoms. The van der Waals surface area contributed by atoms with E-state index in [0.717, 1.165) is 37.2 Å². The summed E-state index contributed by atoms with van der Waals surface area (Å²) in [6.45, 7) is -0.379. The first kappa shape index (κ1) is 13.9. The van der Waals surface area contributed by atoms with Gasteiger partial charge in [0.25, 0.3) is 11.8 Å². The minimum absolute atomic E-state index is 0.0412. The molecule has 0 aromatic rings. The van der Waals surface area contributed by atoms with Gasteiger partial charge in [-0.05, 0) is 43.9 Å². The molecule has 0 spiro atoms. The number of carbonyl (C=O) groups excluding carboxylic acids is 3. The van der Waals surface area contributed by atoms with Crippen molar-refractivity contribution in [3.63, 3.8) is 0 Å². The molecule has 0 radical (unpaired) electrons. The van der Waals surface area contributed by atoms with Gasteiger partial charge in [-0.1, -0.05) is 12.2 Å². The number of fused-ring (bicyclic) bond motifs is 5. The van der Waals surface area contributed by atoms with Crippen LogP contribution in [0, 0.1) is 23.7 Å². The second-order valence-electron chi connectivity index (χ2n) is 6.64. The molecule has 6 heteroatoms. The number of hydrogen-bond donors (Lipinski definition) is 0. The Labute approximate surface area is 128 Å². The number of carbonyl (C=O) groups is 3. The maximum atomic E-state index is 12.3. The van der Waals surface area contributed by atoms with Crippen molar-refractivity contribution >= 4 is 17.8 Å². The van der Waals surface area contributed by atoms with E-state index in [2.05, 4.69) is 0 Å². The van der Waals surface area contributed by atoms with Crippen LogP contribution in [0.5, 0.6) is 0 Å². The highest BCUT2D eigenvalue weighted by Crippen LogP contribution is 2.52. The topological polar surface area (TPSA) is 72.9 Å². The highest BCUT2D eigenvalue weighted by molar-refractivity contribution is 6.05. The second kappa shape index (κ2) is 5.19. The third-order valence-electron chi connectivity index (χ3n) is 5.34. The highest BCUT2D eigenvalue weighted by Gasteiger charge is 2.60. The molecule has 0 N–H and O–H groups in total. The molecule has 4 atom stereocenters. The summed E-state index contributed by atoms with van der Waals surface area (Å²) in [4.78, 5) is 41.6. The Bertz CT molecular complexity index is 521. The molecule has 6 nitrogen and oxygen atoms in total. The van der Waals surface area contributed by atoms with Gasteiger partial charge in [-0.3, -0.25) is 14.4 Å². The van der Waals surface area contributed by atoms with Crippen molar-refractivity contribution in [1.82, 2.24) is 5.06 Å². The molecular weight excluding hydrogens is 286 g/mol.